The van der Waals surface area contributed by atoms with Crippen LogP contribution >= 0.6 is 11.8 Å². The number of anilines is 1. The molecule has 2 aromatic rings. The molecule has 0 amide bonds. The minimum Gasteiger partial charge on any atom is -0.478 e. The summed E-state index contributed by atoms with van der Waals surface area (Å²) in [6.07, 6.45) is 3.35. The molecule has 104 valence electrons. The van der Waals surface area contributed by atoms with Gasteiger partial charge in [-0.2, -0.15) is 0 Å². The van der Waals surface area contributed by atoms with Crippen LogP contribution in [0.4, 0.5) is 5.82 Å². The van der Waals surface area contributed by atoms with E-state index >= 15 is 0 Å². The Morgan fingerprint density at radius 2 is 1.95 bits per heavy atom. The van der Waals surface area contributed by atoms with Crippen molar-refractivity contribution in [2.24, 2.45) is 0 Å². The largest absolute Gasteiger partial charge is 0.478 e. The first-order valence-electron chi connectivity index (χ1n) is 6.02. The molecule has 5 nitrogen and oxygen atoms in total. The predicted octanol–water partition coefficient (Wildman–Crippen LogP) is 2.53. The maximum Gasteiger partial charge on any atom is 0.338 e. The van der Waals surface area contributed by atoms with E-state index in [0.29, 0.717) is 10.8 Å². The van der Waals surface area contributed by atoms with Gasteiger partial charge in [-0.25, -0.2) is 14.8 Å². The van der Waals surface area contributed by atoms with Gasteiger partial charge in [0.25, 0.3) is 0 Å². The molecule has 0 saturated heterocycles. The lowest BCUT2D eigenvalue weighted by molar-refractivity contribution is 0.0692. The maximum atomic E-state index is 11.1. The normalized spacial score (nSPS) is 10.3. The molecule has 1 N–H and O–H groups in total. The van der Waals surface area contributed by atoms with E-state index in [4.69, 9.17) is 5.11 Å². The number of aromatic carboxylic acids is 1. The minimum absolute atomic E-state index is 0.229. The maximum absolute atomic E-state index is 11.1. The standard InChI is InChI=1S/C14H15N3O2S/c1-17(2)12-10(5-3-7-15-12)9-20-13-11(14(18)19)6-4-8-16-13/h3-8H,9H2,1-2H3,(H,18,19). The number of hydrogen-bond donors (Lipinski definition) is 1. The average Bonchev–Trinajstić information content (AvgIpc) is 2.45. The zero-order chi connectivity index (χ0) is 14.5. The number of carboxylic acid groups (broad SMARTS) is 1. The van der Waals surface area contributed by atoms with Crippen molar-refractivity contribution >= 4 is 23.5 Å². The third-order valence-corrected chi connectivity index (χ3v) is 3.71. The molecule has 0 atom stereocenters. The highest BCUT2D eigenvalue weighted by molar-refractivity contribution is 7.98. The zero-order valence-electron chi connectivity index (χ0n) is 11.3. The Morgan fingerprint density at radius 3 is 2.65 bits per heavy atom. The van der Waals surface area contributed by atoms with Crippen LogP contribution in [0.3, 0.4) is 0 Å². The Hall–Kier alpha value is -2.08. The molecule has 0 aromatic carbocycles. The number of nitrogens with zero attached hydrogens (tertiary/aromatic N) is 3. The van der Waals surface area contributed by atoms with E-state index in [2.05, 4.69) is 9.97 Å². The van der Waals surface area contributed by atoms with Crippen LogP contribution in [-0.2, 0) is 5.75 Å². The fraction of sp³-hybridized carbons (Fsp3) is 0.214. The van der Waals surface area contributed by atoms with E-state index in [-0.39, 0.29) is 5.56 Å². The summed E-state index contributed by atoms with van der Waals surface area (Å²) in [7, 11) is 3.86. The summed E-state index contributed by atoms with van der Waals surface area (Å²) in [5.74, 6) is 0.547. The lowest BCUT2D eigenvalue weighted by Gasteiger charge is -2.15. The second-order valence-electron chi connectivity index (χ2n) is 4.33. The Labute approximate surface area is 121 Å². The first-order chi connectivity index (χ1) is 9.59. The first kappa shape index (κ1) is 14.3. The molecular formula is C14H15N3O2S. The van der Waals surface area contributed by atoms with Crippen molar-refractivity contribution in [1.29, 1.82) is 0 Å². The van der Waals surface area contributed by atoms with Gasteiger partial charge in [0, 0.05) is 37.8 Å². The molecule has 6 heteroatoms. The smallest absolute Gasteiger partial charge is 0.338 e. The highest BCUT2D eigenvalue weighted by Crippen LogP contribution is 2.27. The number of carbonyl (C=O) groups is 1. The van der Waals surface area contributed by atoms with Crippen LogP contribution in [0.25, 0.3) is 0 Å². The Bertz CT molecular complexity index is 617. The van der Waals surface area contributed by atoms with Gasteiger partial charge in [-0.05, 0) is 18.2 Å². The van der Waals surface area contributed by atoms with Crippen molar-refractivity contribution in [3.05, 3.63) is 47.8 Å². The molecule has 0 unspecified atom stereocenters. The third kappa shape index (κ3) is 3.27. The fourth-order valence-corrected chi connectivity index (χ4v) is 2.72. The van der Waals surface area contributed by atoms with Gasteiger partial charge in [0.05, 0.1) is 5.56 Å². The van der Waals surface area contributed by atoms with Crippen molar-refractivity contribution in [1.82, 2.24) is 9.97 Å². The van der Waals surface area contributed by atoms with Gasteiger partial charge in [0.2, 0.25) is 0 Å². The highest BCUT2D eigenvalue weighted by Gasteiger charge is 2.12. The Morgan fingerprint density at radius 1 is 1.25 bits per heavy atom. The van der Waals surface area contributed by atoms with Crippen LogP contribution in [0.1, 0.15) is 15.9 Å². The van der Waals surface area contributed by atoms with E-state index < -0.39 is 5.97 Å². The van der Waals surface area contributed by atoms with E-state index in [1.165, 1.54) is 11.8 Å². The fourth-order valence-electron chi connectivity index (χ4n) is 1.76. The molecule has 2 rings (SSSR count). The van der Waals surface area contributed by atoms with Crippen LogP contribution < -0.4 is 4.90 Å². The van der Waals surface area contributed by atoms with Gasteiger partial charge in [0.15, 0.2) is 0 Å². The van der Waals surface area contributed by atoms with Crippen molar-refractivity contribution in [2.75, 3.05) is 19.0 Å². The summed E-state index contributed by atoms with van der Waals surface area (Å²) in [6, 6.07) is 7.05. The zero-order valence-corrected chi connectivity index (χ0v) is 12.1. The first-order valence-corrected chi connectivity index (χ1v) is 7.00. The van der Waals surface area contributed by atoms with Gasteiger partial charge in [0.1, 0.15) is 10.8 Å². The number of rotatable bonds is 5. The van der Waals surface area contributed by atoms with Crippen molar-refractivity contribution < 1.29 is 9.90 Å². The highest BCUT2D eigenvalue weighted by atomic mass is 32.2. The molecule has 0 spiro atoms. The molecule has 2 aromatic heterocycles. The molecule has 0 fully saturated rings. The SMILES string of the molecule is CN(C)c1ncccc1CSc1ncccc1C(=O)O. The number of aromatic nitrogens is 2. The van der Waals surface area contributed by atoms with Gasteiger partial charge in [-0.1, -0.05) is 6.07 Å². The van der Waals surface area contributed by atoms with Crippen LogP contribution in [0, 0.1) is 0 Å². The van der Waals surface area contributed by atoms with E-state index in [1.807, 2.05) is 31.1 Å². The van der Waals surface area contributed by atoms with Crippen LogP contribution in [0.5, 0.6) is 0 Å². The number of thioether (sulfide) groups is 1. The topological polar surface area (TPSA) is 66.3 Å². The van der Waals surface area contributed by atoms with E-state index in [9.17, 15) is 4.79 Å². The summed E-state index contributed by atoms with van der Waals surface area (Å²) < 4.78 is 0. The number of carboxylic acids is 1. The summed E-state index contributed by atoms with van der Waals surface area (Å²) >= 11 is 1.40. The lowest BCUT2D eigenvalue weighted by Crippen LogP contribution is -2.12. The molecule has 0 aliphatic rings. The molecule has 0 aliphatic carbocycles. The molecule has 2 heterocycles. The summed E-state index contributed by atoms with van der Waals surface area (Å²) in [4.78, 5) is 21.5. The molecule has 0 aliphatic heterocycles. The average molecular weight is 289 g/mol. The van der Waals surface area contributed by atoms with Gasteiger partial charge in [-0.3, -0.25) is 0 Å². The molecule has 0 bridgehead atoms. The Kier molecular flexibility index (Phi) is 4.57. The third-order valence-electron chi connectivity index (χ3n) is 2.66. The second kappa shape index (κ2) is 6.38. The van der Waals surface area contributed by atoms with Crippen molar-refractivity contribution in [3.8, 4) is 0 Å². The monoisotopic (exact) mass is 289 g/mol. The predicted molar refractivity (Wildman–Crippen MR) is 79.3 cm³/mol. The van der Waals surface area contributed by atoms with Crippen LogP contribution in [0.15, 0.2) is 41.7 Å². The minimum atomic E-state index is -0.959. The van der Waals surface area contributed by atoms with Crippen molar-refractivity contribution in [3.63, 3.8) is 0 Å². The summed E-state index contributed by atoms with van der Waals surface area (Å²) in [5, 5.41) is 9.65. The van der Waals surface area contributed by atoms with Crippen molar-refractivity contribution in [2.45, 2.75) is 10.8 Å². The number of hydrogen-bond acceptors (Lipinski definition) is 5. The second-order valence-corrected chi connectivity index (χ2v) is 5.29. The lowest BCUT2D eigenvalue weighted by atomic mass is 10.3. The summed E-state index contributed by atoms with van der Waals surface area (Å²) in [6.45, 7) is 0. The van der Waals surface area contributed by atoms with Gasteiger partial charge < -0.3 is 10.0 Å². The quantitative estimate of drug-likeness (QED) is 0.853. The van der Waals surface area contributed by atoms with Crippen LogP contribution in [0.2, 0.25) is 0 Å². The van der Waals surface area contributed by atoms with E-state index in [1.54, 1.807) is 24.5 Å². The van der Waals surface area contributed by atoms with Crippen LogP contribution in [-0.4, -0.2) is 35.1 Å². The van der Waals surface area contributed by atoms with Gasteiger partial charge in [-0.15, -0.1) is 11.8 Å². The molecule has 20 heavy (non-hydrogen) atoms. The van der Waals surface area contributed by atoms with E-state index in [0.717, 1.165) is 11.4 Å². The number of pyridine rings is 2. The Balaban J connectivity index is 2.20. The molecule has 0 saturated carbocycles. The summed E-state index contributed by atoms with van der Waals surface area (Å²) in [5.41, 5.74) is 1.28. The molecular weight excluding hydrogens is 274 g/mol. The van der Waals surface area contributed by atoms with Gasteiger partial charge >= 0.3 is 5.97 Å². The molecule has 0 radical (unpaired) electrons.